The second-order valence-corrected chi connectivity index (χ2v) is 5.30. The van der Waals surface area contributed by atoms with E-state index in [1.807, 2.05) is 12.3 Å². The highest BCUT2D eigenvalue weighted by atomic mass is 16.1. The molecule has 3 heterocycles. The van der Waals surface area contributed by atoms with Crippen molar-refractivity contribution in [2.24, 2.45) is 5.73 Å². The Balaban J connectivity index is 2.01. The molecule has 1 aliphatic heterocycles. The predicted octanol–water partition coefficient (Wildman–Crippen LogP) is 1.86. The Kier molecular flexibility index (Phi) is 3.31. The van der Waals surface area contributed by atoms with Crippen LogP contribution in [-0.2, 0) is 0 Å². The van der Waals surface area contributed by atoms with E-state index in [1.54, 1.807) is 0 Å². The third kappa shape index (κ3) is 2.22. The standard InChI is InChI=1S/C14H19N5O/c1-9-4-2-3-7-19(9)18-12-10-5-6-16-14(10)17-8-11(12)13(15)20/h5-6,8-9H,2-4,7H2,1H3,(H2,15,20)(H2,16,17,18)/t9-/m0/s1. The topological polar surface area (TPSA) is 87.0 Å². The second kappa shape index (κ2) is 5.13. The van der Waals surface area contributed by atoms with E-state index in [1.165, 1.54) is 12.6 Å². The van der Waals surface area contributed by atoms with Gasteiger partial charge >= 0.3 is 0 Å². The van der Waals surface area contributed by atoms with Crippen LogP contribution < -0.4 is 11.2 Å². The Morgan fingerprint density at radius 2 is 2.40 bits per heavy atom. The first kappa shape index (κ1) is 12.9. The number of hydrogen-bond acceptors (Lipinski definition) is 4. The summed E-state index contributed by atoms with van der Waals surface area (Å²) in [4.78, 5) is 18.9. The average molecular weight is 273 g/mol. The van der Waals surface area contributed by atoms with Crippen molar-refractivity contribution in [2.45, 2.75) is 32.2 Å². The predicted molar refractivity (Wildman–Crippen MR) is 78.3 cm³/mol. The maximum Gasteiger partial charge on any atom is 0.252 e. The van der Waals surface area contributed by atoms with Gasteiger partial charge in [0.2, 0.25) is 0 Å². The molecule has 0 saturated carbocycles. The molecular weight excluding hydrogens is 254 g/mol. The zero-order valence-electron chi connectivity index (χ0n) is 11.5. The van der Waals surface area contributed by atoms with Crippen LogP contribution in [0.25, 0.3) is 11.0 Å². The van der Waals surface area contributed by atoms with E-state index < -0.39 is 5.91 Å². The number of hydrazine groups is 1. The van der Waals surface area contributed by atoms with Crippen LogP contribution in [0.5, 0.6) is 0 Å². The summed E-state index contributed by atoms with van der Waals surface area (Å²) in [6, 6.07) is 2.35. The number of nitrogens with one attached hydrogen (secondary N) is 2. The SMILES string of the molecule is C[C@H]1CCCCN1Nc1c(C(N)=O)cnc2[nH]ccc12. The molecule has 1 aliphatic rings. The van der Waals surface area contributed by atoms with E-state index in [4.69, 9.17) is 5.73 Å². The fourth-order valence-corrected chi connectivity index (χ4v) is 2.72. The van der Waals surface area contributed by atoms with E-state index in [9.17, 15) is 4.79 Å². The number of pyridine rings is 1. The lowest BCUT2D eigenvalue weighted by atomic mass is 10.1. The lowest BCUT2D eigenvalue weighted by Gasteiger charge is -2.34. The summed E-state index contributed by atoms with van der Waals surface area (Å²) in [7, 11) is 0. The Labute approximate surface area is 117 Å². The van der Waals surface area contributed by atoms with Gasteiger partial charge < -0.3 is 16.1 Å². The highest BCUT2D eigenvalue weighted by Crippen LogP contribution is 2.27. The maximum atomic E-state index is 11.6. The van der Waals surface area contributed by atoms with Gasteiger partial charge in [0.1, 0.15) is 5.65 Å². The van der Waals surface area contributed by atoms with Gasteiger partial charge in [-0.2, -0.15) is 0 Å². The number of nitrogens with zero attached hydrogens (tertiary/aromatic N) is 2. The van der Waals surface area contributed by atoms with Crippen molar-refractivity contribution in [1.82, 2.24) is 15.0 Å². The Hall–Kier alpha value is -2.08. The molecule has 1 amide bonds. The molecule has 106 valence electrons. The van der Waals surface area contributed by atoms with Crippen LogP contribution in [-0.4, -0.2) is 33.5 Å². The van der Waals surface area contributed by atoms with Crippen LogP contribution >= 0.6 is 0 Å². The van der Waals surface area contributed by atoms with Gasteiger partial charge in [0, 0.05) is 30.4 Å². The molecule has 1 saturated heterocycles. The monoisotopic (exact) mass is 273 g/mol. The summed E-state index contributed by atoms with van der Waals surface area (Å²) < 4.78 is 0. The number of H-pyrrole nitrogens is 1. The van der Waals surface area contributed by atoms with E-state index >= 15 is 0 Å². The molecule has 0 radical (unpaired) electrons. The summed E-state index contributed by atoms with van der Waals surface area (Å²) in [5.41, 5.74) is 10.8. The zero-order valence-corrected chi connectivity index (χ0v) is 11.5. The highest BCUT2D eigenvalue weighted by Gasteiger charge is 2.21. The lowest BCUT2D eigenvalue weighted by molar-refractivity contribution is 0.1000. The zero-order chi connectivity index (χ0) is 14.1. The molecule has 0 unspecified atom stereocenters. The Morgan fingerprint density at radius 1 is 1.55 bits per heavy atom. The molecule has 6 nitrogen and oxygen atoms in total. The van der Waals surface area contributed by atoms with Gasteiger partial charge in [-0.25, -0.2) is 9.99 Å². The summed E-state index contributed by atoms with van der Waals surface area (Å²) in [6.07, 6.45) is 6.90. The van der Waals surface area contributed by atoms with Gasteiger partial charge in [-0.05, 0) is 25.8 Å². The number of rotatable bonds is 3. The number of anilines is 1. The van der Waals surface area contributed by atoms with E-state index in [0.717, 1.165) is 36.1 Å². The van der Waals surface area contributed by atoms with Crippen molar-refractivity contribution in [3.05, 3.63) is 24.0 Å². The molecule has 0 aliphatic carbocycles. The maximum absolute atomic E-state index is 11.6. The van der Waals surface area contributed by atoms with Crippen molar-refractivity contribution in [3.8, 4) is 0 Å². The van der Waals surface area contributed by atoms with Crippen molar-refractivity contribution in [1.29, 1.82) is 0 Å². The molecule has 0 spiro atoms. The largest absolute Gasteiger partial charge is 0.365 e. The molecular formula is C14H19N5O. The smallest absolute Gasteiger partial charge is 0.252 e. The third-order valence-corrected chi connectivity index (χ3v) is 3.91. The summed E-state index contributed by atoms with van der Waals surface area (Å²) in [5.74, 6) is -0.465. The molecule has 2 aromatic rings. The van der Waals surface area contributed by atoms with Crippen LogP contribution in [0.4, 0.5) is 5.69 Å². The van der Waals surface area contributed by atoms with Gasteiger partial charge in [0.15, 0.2) is 0 Å². The number of piperidine rings is 1. The number of carbonyl (C=O) groups excluding carboxylic acids is 1. The molecule has 0 aromatic carbocycles. The number of fused-ring (bicyclic) bond motifs is 1. The van der Waals surface area contributed by atoms with Crippen LogP contribution in [0.3, 0.4) is 0 Å². The van der Waals surface area contributed by atoms with E-state index in [2.05, 4.69) is 27.3 Å². The molecule has 2 aromatic heterocycles. The van der Waals surface area contributed by atoms with Crippen molar-refractivity contribution in [3.63, 3.8) is 0 Å². The number of aromatic amines is 1. The first-order valence-electron chi connectivity index (χ1n) is 6.96. The van der Waals surface area contributed by atoms with E-state index in [-0.39, 0.29) is 0 Å². The third-order valence-electron chi connectivity index (χ3n) is 3.91. The quantitative estimate of drug-likeness (QED) is 0.796. The summed E-state index contributed by atoms with van der Waals surface area (Å²) in [5, 5.41) is 3.07. The molecule has 1 atom stereocenters. The van der Waals surface area contributed by atoms with Crippen LogP contribution in [0.15, 0.2) is 18.5 Å². The van der Waals surface area contributed by atoms with Gasteiger partial charge in [0.05, 0.1) is 11.3 Å². The molecule has 3 rings (SSSR count). The second-order valence-electron chi connectivity index (χ2n) is 5.30. The number of nitrogens with two attached hydrogens (primary N) is 1. The van der Waals surface area contributed by atoms with Gasteiger partial charge in [-0.3, -0.25) is 4.79 Å². The van der Waals surface area contributed by atoms with Crippen LogP contribution in [0.2, 0.25) is 0 Å². The summed E-state index contributed by atoms with van der Waals surface area (Å²) in [6.45, 7) is 3.15. The minimum Gasteiger partial charge on any atom is -0.365 e. The number of carbonyl (C=O) groups is 1. The minimum absolute atomic E-state index is 0.426. The number of aromatic nitrogens is 2. The molecule has 0 bridgehead atoms. The van der Waals surface area contributed by atoms with Crippen molar-refractivity contribution >= 4 is 22.6 Å². The van der Waals surface area contributed by atoms with Crippen molar-refractivity contribution in [2.75, 3.05) is 12.0 Å². The molecule has 20 heavy (non-hydrogen) atoms. The van der Waals surface area contributed by atoms with Gasteiger partial charge in [-0.15, -0.1) is 0 Å². The van der Waals surface area contributed by atoms with Gasteiger partial charge in [0.25, 0.3) is 5.91 Å². The first-order chi connectivity index (χ1) is 9.66. The molecule has 1 fully saturated rings. The number of amides is 1. The fraction of sp³-hybridized carbons (Fsp3) is 0.429. The molecule has 4 N–H and O–H groups in total. The van der Waals surface area contributed by atoms with Gasteiger partial charge in [-0.1, -0.05) is 6.42 Å². The molecule has 6 heteroatoms. The van der Waals surface area contributed by atoms with Crippen LogP contribution in [0.1, 0.15) is 36.5 Å². The minimum atomic E-state index is -0.465. The highest BCUT2D eigenvalue weighted by molar-refractivity contribution is 6.05. The number of hydrogen-bond donors (Lipinski definition) is 3. The Morgan fingerprint density at radius 3 is 3.15 bits per heavy atom. The summed E-state index contributed by atoms with van der Waals surface area (Å²) >= 11 is 0. The fourth-order valence-electron chi connectivity index (χ4n) is 2.72. The first-order valence-corrected chi connectivity index (χ1v) is 6.96. The van der Waals surface area contributed by atoms with Crippen LogP contribution in [0, 0.1) is 0 Å². The van der Waals surface area contributed by atoms with E-state index in [0.29, 0.717) is 11.6 Å². The number of primary amides is 1. The van der Waals surface area contributed by atoms with Crippen molar-refractivity contribution < 1.29 is 4.79 Å². The average Bonchev–Trinajstić information content (AvgIpc) is 2.90. The normalized spacial score (nSPS) is 20.1. The Bertz CT molecular complexity index is 636. The lowest BCUT2D eigenvalue weighted by Crippen LogP contribution is -2.42.